The van der Waals surface area contributed by atoms with Gasteiger partial charge in [-0.2, -0.15) is 0 Å². The highest BCUT2D eigenvalue weighted by Gasteiger charge is 2.28. The molecule has 12 heteroatoms. The van der Waals surface area contributed by atoms with Crippen LogP contribution in [-0.4, -0.2) is 95.9 Å². The lowest BCUT2D eigenvalue weighted by atomic mass is 10.2. The van der Waals surface area contributed by atoms with Crippen molar-refractivity contribution < 1.29 is 9.59 Å². The van der Waals surface area contributed by atoms with Crippen molar-refractivity contribution in [3.8, 4) is 0 Å². The van der Waals surface area contributed by atoms with E-state index >= 15 is 0 Å². The quantitative estimate of drug-likeness (QED) is 0.334. The topological polar surface area (TPSA) is 84.9 Å². The monoisotopic (exact) mass is 551 g/mol. The fourth-order valence-electron chi connectivity index (χ4n) is 4.44. The molecule has 9 nitrogen and oxygen atoms in total. The number of urea groups is 1. The zero-order valence-corrected chi connectivity index (χ0v) is 22.8. The summed E-state index contributed by atoms with van der Waals surface area (Å²) in [7, 11) is 0. The number of halogens is 2. The van der Waals surface area contributed by atoms with Gasteiger partial charge < -0.3 is 24.9 Å². The van der Waals surface area contributed by atoms with Crippen LogP contribution < -0.4 is 15.1 Å². The van der Waals surface area contributed by atoms with Gasteiger partial charge in [-0.05, 0) is 32.0 Å². The average Bonchev–Trinajstić information content (AvgIpc) is 2.87. The number of benzene rings is 1. The molecule has 2 fully saturated rings. The van der Waals surface area contributed by atoms with E-state index < -0.39 is 0 Å². The van der Waals surface area contributed by atoms with Gasteiger partial charge in [0.1, 0.15) is 11.0 Å². The number of thioether (sulfide) groups is 1. The van der Waals surface area contributed by atoms with Crippen molar-refractivity contribution in [1.82, 2.24) is 25.1 Å². The predicted molar refractivity (Wildman–Crippen MR) is 145 cm³/mol. The number of anilines is 2. The summed E-state index contributed by atoms with van der Waals surface area (Å²) in [6.45, 7) is 9.24. The molecule has 0 aliphatic carbocycles. The number of rotatable bonds is 6. The summed E-state index contributed by atoms with van der Waals surface area (Å²) in [6.07, 6.45) is 0. The number of carbonyl (C=O) groups is 2. The van der Waals surface area contributed by atoms with Gasteiger partial charge >= 0.3 is 6.03 Å². The SMILES string of the molecule is CCNC(=O)N1CCN(c2cc(Cl)nc(SCC(=O)N3CCN(c4cccc(Cl)c4)CC3)n2)C[C@@H]1C. The first-order chi connectivity index (χ1) is 17.3. The predicted octanol–water partition coefficient (Wildman–Crippen LogP) is 3.46. The van der Waals surface area contributed by atoms with Crippen LogP contribution in [0.25, 0.3) is 0 Å². The second-order valence-corrected chi connectivity index (χ2v) is 10.6. The summed E-state index contributed by atoms with van der Waals surface area (Å²) in [6, 6.07) is 9.50. The molecule has 2 aliphatic heterocycles. The maximum atomic E-state index is 12.9. The fraction of sp³-hybridized carbons (Fsp3) is 0.500. The Labute approximate surface area is 226 Å². The normalized spacial score (nSPS) is 18.4. The minimum atomic E-state index is -0.0477. The molecule has 1 aromatic carbocycles. The van der Waals surface area contributed by atoms with E-state index in [1.165, 1.54) is 11.8 Å². The van der Waals surface area contributed by atoms with E-state index in [0.29, 0.717) is 60.4 Å². The highest BCUT2D eigenvalue weighted by molar-refractivity contribution is 7.99. The molecule has 0 radical (unpaired) electrons. The van der Waals surface area contributed by atoms with Crippen molar-refractivity contribution >= 4 is 58.4 Å². The Morgan fingerprint density at radius 1 is 1.06 bits per heavy atom. The lowest BCUT2D eigenvalue weighted by Crippen LogP contribution is -2.56. The molecule has 0 spiro atoms. The lowest BCUT2D eigenvalue weighted by molar-refractivity contribution is -0.128. The van der Waals surface area contributed by atoms with Gasteiger partial charge in [-0.15, -0.1) is 0 Å². The number of piperazine rings is 2. The Morgan fingerprint density at radius 3 is 2.50 bits per heavy atom. The molecule has 36 heavy (non-hydrogen) atoms. The highest BCUT2D eigenvalue weighted by Crippen LogP contribution is 2.25. The van der Waals surface area contributed by atoms with Crippen LogP contribution in [0.5, 0.6) is 0 Å². The molecule has 4 rings (SSSR count). The largest absolute Gasteiger partial charge is 0.368 e. The van der Waals surface area contributed by atoms with Crippen LogP contribution in [0.2, 0.25) is 10.2 Å². The molecule has 2 aliphatic rings. The smallest absolute Gasteiger partial charge is 0.317 e. The number of nitrogens with one attached hydrogen (secondary N) is 1. The molecular formula is C24H31Cl2N7O2S. The van der Waals surface area contributed by atoms with Gasteiger partial charge in [-0.3, -0.25) is 4.79 Å². The van der Waals surface area contributed by atoms with Crippen molar-refractivity contribution in [2.45, 2.75) is 25.0 Å². The van der Waals surface area contributed by atoms with Crippen LogP contribution >= 0.6 is 35.0 Å². The van der Waals surface area contributed by atoms with Crippen LogP contribution in [-0.2, 0) is 4.79 Å². The number of amides is 3. The third kappa shape index (κ3) is 6.66. The van der Waals surface area contributed by atoms with E-state index in [1.807, 2.05) is 47.9 Å². The molecule has 3 amide bonds. The summed E-state index contributed by atoms with van der Waals surface area (Å²) in [5.74, 6) is 1.01. The minimum Gasteiger partial charge on any atom is -0.368 e. The molecular weight excluding hydrogens is 521 g/mol. The Hall–Kier alpha value is -2.43. The Kier molecular flexibility index (Phi) is 9.03. The summed E-state index contributed by atoms with van der Waals surface area (Å²) < 4.78 is 0. The number of hydrogen-bond donors (Lipinski definition) is 1. The first kappa shape index (κ1) is 26.6. The minimum absolute atomic E-state index is 0.0299. The van der Waals surface area contributed by atoms with Crippen LogP contribution in [0.4, 0.5) is 16.3 Å². The van der Waals surface area contributed by atoms with Crippen LogP contribution in [0, 0.1) is 0 Å². The van der Waals surface area contributed by atoms with E-state index in [9.17, 15) is 9.59 Å². The van der Waals surface area contributed by atoms with Gasteiger partial charge in [0.05, 0.1) is 5.75 Å². The maximum absolute atomic E-state index is 12.9. The van der Waals surface area contributed by atoms with E-state index in [2.05, 4.69) is 25.1 Å². The molecule has 2 aromatic rings. The number of nitrogens with zero attached hydrogens (tertiary/aromatic N) is 6. The van der Waals surface area contributed by atoms with E-state index in [1.54, 1.807) is 6.07 Å². The van der Waals surface area contributed by atoms with Gasteiger partial charge in [0, 0.05) is 75.2 Å². The van der Waals surface area contributed by atoms with Crippen molar-refractivity contribution in [3.63, 3.8) is 0 Å². The lowest BCUT2D eigenvalue weighted by Gasteiger charge is -2.40. The fourth-order valence-corrected chi connectivity index (χ4v) is 5.61. The third-order valence-electron chi connectivity index (χ3n) is 6.33. The van der Waals surface area contributed by atoms with Gasteiger partial charge in [0.2, 0.25) is 5.91 Å². The molecule has 1 N–H and O–H groups in total. The number of carbonyl (C=O) groups excluding carboxylic acids is 2. The van der Waals surface area contributed by atoms with Crippen molar-refractivity contribution in [2.75, 3.05) is 67.9 Å². The van der Waals surface area contributed by atoms with Crippen molar-refractivity contribution in [3.05, 3.63) is 40.5 Å². The van der Waals surface area contributed by atoms with Gasteiger partial charge in [-0.1, -0.05) is 41.0 Å². The molecule has 1 atom stereocenters. The summed E-state index contributed by atoms with van der Waals surface area (Å²) in [5, 5.41) is 4.38. The van der Waals surface area contributed by atoms with Crippen molar-refractivity contribution in [1.29, 1.82) is 0 Å². The van der Waals surface area contributed by atoms with Crippen LogP contribution in [0.3, 0.4) is 0 Å². The molecule has 1 aromatic heterocycles. The summed E-state index contributed by atoms with van der Waals surface area (Å²) >= 11 is 13.7. The first-order valence-corrected chi connectivity index (χ1v) is 13.8. The standard InChI is InChI=1S/C24H31Cl2N7O2S/c1-3-27-24(35)33-12-11-32(15-17(33)2)21-14-20(26)28-23(29-21)36-16-22(34)31-9-7-30(8-10-31)19-6-4-5-18(25)13-19/h4-6,13-14,17H,3,7-12,15-16H2,1-2H3,(H,27,35)/t17-/m0/s1. The molecule has 0 unspecified atom stereocenters. The molecule has 3 heterocycles. The van der Waals surface area contributed by atoms with E-state index in [4.69, 9.17) is 23.2 Å². The Balaban J connectivity index is 1.30. The first-order valence-electron chi connectivity index (χ1n) is 12.1. The highest BCUT2D eigenvalue weighted by atomic mass is 35.5. The zero-order chi connectivity index (χ0) is 25.7. The summed E-state index contributed by atoms with van der Waals surface area (Å²) in [4.78, 5) is 42.1. The van der Waals surface area contributed by atoms with E-state index in [0.717, 1.165) is 18.8 Å². The van der Waals surface area contributed by atoms with Crippen LogP contribution in [0.15, 0.2) is 35.5 Å². The van der Waals surface area contributed by atoms with Crippen LogP contribution in [0.1, 0.15) is 13.8 Å². The molecule has 0 bridgehead atoms. The average molecular weight is 553 g/mol. The third-order valence-corrected chi connectivity index (χ3v) is 7.59. The molecule has 2 saturated heterocycles. The Bertz CT molecular complexity index is 1080. The van der Waals surface area contributed by atoms with Gasteiger partial charge in [0.15, 0.2) is 5.16 Å². The number of aromatic nitrogens is 2. The van der Waals surface area contributed by atoms with Gasteiger partial charge in [-0.25, -0.2) is 14.8 Å². The van der Waals surface area contributed by atoms with Crippen molar-refractivity contribution in [2.24, 2.45) is 0 Å². The summed E-state index contributed by atoms with van der Waals surface area (Å²) in [5.41, 5.74) is 1.07. The number of hydrogen-bond acceptors (Lipinski definition) is 7. The Morgan fingerprint density at radius 2 is 1.81 bits per heavy atom. The molecule has 0 saturated carbocycles. The zero-order valence-electron chi connectivity index (χ0n) is 20.5. The second-order valence-electron chi connectivity index (χ2n) is 8.79. The molecule has 194 valence electrons. The second kappa shape index (κ2) is 12.2. The maximum Gasteiger partial charge on any atom is 0.317 e. The van der Waals surface area contributed by atoms with Gasteiger partial charge in [0.25, 0.3) is 0 Å². The van der Waals surface area contributed by atoms with E-state index in [-0.39, 0.29) is 23.7 Å².